The maximum atomic E-state index is 14.9. The van der Waals surface area contributed by atoms with Crippen molar-refractivity contribution in [2.45, 2.75) is 42.3 Å². The summed E-state index contributed by atoms with van der Waals surface area (Å²) in [4.78, 5) is 49.3. The highest BCUT2D eigenvalue weighted by Gasteiger charge is 2.72. The first-order valence-electron chi connectivity index (χ1n) is 15.5. The van der Waals surface area contributed by atoms with Crippen LogP contribution in [-0.2, 0) is 14.4 Å². The van der Waals surface area contributed by atoms with Crippen LogP contribution in [0.2, 0.25) is 0 Å². The van der Waals surface area contributed by atoms with E-state index in [4.69, 9.17) is 0 Å². The predicted molar refractivity (Wildman–Crippen MR) is 175 cm³/mol. The number of anilines is 2. The number of hydrogen-bond acceptors (Lipinski definition) is 5. The van der Waals surface area contributed by atoms with Gasteiger partial charge in [-0.3, -0.25) is 14.4 Å². The molecule has 4 aliphatic heterocycles. The number of amides is 3. The lowest BCUT2D eigenvalue weighted by atomic mass is 9.78. The average Bonchev–Trinajstić information content (AvgIpc) is 3.36. The third kappa shape index (κ3) is 4.33. The number of likely N-dealkylation sites (tertiary alicyclic amines) is 1. The van der Waals surface area contributed by atoms with Crippen molar-refractivity contribution >= 4 is 51.6 Å². The molecule has 2 fully saturated rings. The van der Waals surface area contributed by atoms with Gasteiger partial charge in [-0.1, -0.05) is 93.1 Å². The third-order valence-corrected chi connectivity index (χ3v) is 11.8. The van der Waals surface area contributed by atoms with Crippen molar-refractivity contribution in [1.82, 2.24) is 4.90 Å². The van der Waals surface area contributed by atoms with E-state index in [1.165, 1.54) is 0 Å². The Bertz CT molecular complexity index is 1670. The van der Waals surface area contributed by atoms with Crippen LogP contribution in [0.25, 0.3) is 10.8 Å². The Morgan fingerprint density at radius 1 is 0.864 bits per heavy atom. The third-order valence-electron chi connectivity index (χ3n) is 10.1. The normalized spacial score (nSPS) is 29.3. The Morgan fingerprint density at radius 2 is 1.57 bits per heavy atom. The lowest BCUT2D eigenvalue weighted by Crippen LogP contribution is -2.58. The molecule has 3 amide bonds. The van der Waals surface area contributed by atoms with E-state index in [0.29, 0.717) is 13.1 Å². The minimum atomic E-state index is -0.949. The Labute approximate surface area is 262 Å². The van der Waals surface area contributed by atoms with Crippen LogP contribution in [0.1, 0.15) is 20.3 Å². The van der Waals surface area contributed by atoms with Crippen molar-refractivity contribution in [2.75, 3.05) is 29.5 Å². The van der Waals surface area contributed by atoms with Gasteiger partial charge in [-0.05, 0) is 41.0 Å². The zero-order chi connectivity index (χ0) is 30.6. The van der Waals surface area contributed by atoms with Crippen LogP contribution < -0.4 is 9.80 Å². The fourth-order valence-electron chi connectivity index (χ4n) is 7.66. The average molecular weight is 608 g/mol. The highest BCUT2D eigenvalue weighted by molar-refractivity contribution is 8.02. The van der Waals surface area contributed by atoms with Crippen LogP contribution in [0, 0.1) is 17.8 Å². The second kappa shape index (κ2) is 11.2. The molecule has 1 N–H and O–H groups in total. The van der Waals surface area contributed by atoms with Crippen molar-refractivity contribution in [3.05, 3.63) is 97.1 Å². The van der Waals surface area contributed by atoms with Gasteiger partial charge in [-0.25, -0.2) is 0 Å². The number of hydrogen-bond donors (Lipinski definition) is 1. The number of para-hydroxylation sites is 1. The summed E-state index contributed by atoms with van der Waals surface area (Å²) in [7, 11) is 0. The standard InChI is InChI=1S/C36H37N3O4S/c1-3-23(2)28(22-40)39-32-35(43)38(27-17-16-24-11-7-8-12-25(24)21-27)20-10-18-36(32)31(34(39)42)30-29(44-36)15-9-19-37(33(30)41)26-13-5-4-6-14-26/h4-18,21,23,28-32,40H,3,19-20,22H2,1-2H3/t23-,28-,29-,30+,31-,32?,36-/m0/s1. The number of rotatable bonds is 6. The van der Waals surface area contributed by atoms with Crippen LogP contribution in [-0.4, -0.2) is 69.5 Å². The van der Waals surface area contributed by atoms with E-state index in [0.717, 1.165) is 28.6 Å². The molecule has 7 nitrogen and oxygen atoms in total. The molecule has 8 heteroatoms. The molecule has 7 rings (SSSR count). The molecule has 2 saturated heterocycles. The smallest absolute Gasteiger partial charge is 0.251 e. The largest absolute Gasteiger partial charge is 0.394 e. The zero-order valence-electron chi connectivity index (χ0n) is 25.0. The number of nitrogens with zero attached hydrogens (tertiary/aromatic N) is 3. The number of carbonyl (C=O) groups is 3. The quantitative estimate of drug-likeness (QED) is 0.397. The molecule has 4 aliphatic rings. The number of aliphatic hydroxyl groups is 1. The van der Waals surface area contributed by atoms with Crippen molar-refractivity contribution in [1.29, 1.82) is 0 Å². The number of fused-ring (bicyclic) bond motifs is 3. The van der Waals surface area contributed by atoms with Gasteiger partial charge in [0.2, 0.25) is 11.8 Å². The Morgan fingerprint density at radius 3 is 2.32 bits per heavy atom. The number of aliphatic hydroxyl groups excluding tert-OH is 1. The van der Waals surface area contributed by atoms with E-state index in [1.807, 2.05) is 105 Å². The number of thioether (sulfide) groups is 1. The second-order valence-electron chi connectivity index (χ2n) is 12.3. The highest BCUT2D eigenvalue weighted by Crippen LogP contribution is 2.61. The molecule has 3 aromatic rings. The second-order valence-corrected chi connectivity index (χ2v) is 13.8. The summed E-state index contributed by atoms with van der Waals surface area (Å²) in [6, 6.07) is 22.2. The lowest BCUT2D eigenvalue weighted by molar-refractivity contribution is -0.142. The van der Waals surface area contributed by atoms with E-state index in [-0.39, 0.29) is 35.5 Å². The fraction of sp³-hybridized carbons (Fsp3) is 0.361. The Kier molecular flexibility index (Phi) is 7.37. The highest BCUT2D eigenvalue weighted by atomic mass is 32.2. The summed E-state index contributed by atoms with van der Waals surface area (Å²) >= 11 is 1.57. The molecule has 226 valence electrons. The van der Waals surface area contributed by atoms with Gasteiger partial charge in [0.05, 0.1) is 29.2 Å². The number of carbonyl (C=O) groups excluding carboxylic acids is 3. The van der Waals surface area contributed by atoms with E-state index < -0.39 is 28.7 Å². The van der Waals surface area contributed by atoms with Gasteiger partial charge < -0.3 is 19.8 Å². The molecule has 44 heavy (non-hydrogen) atoms. The summed E-state index contributed by atoms with van der Waals surface area (Å²) in [5.74, 6) is -1.92. The summed E-state index contributed by atoms with van der Waals surface area (Å²) < 4.78 is -0.949. The minimum absolute atomic E-state index is 0.0414. The SMILES string of the molecule is CC[C@H](C)[C@H](CO)N1C(=O)[C@@H]2[C@@H]3C(=O)N(c4ccccc4)CC=C[C@@H]3S[C@@]23C=CCN(c2ccc4ccccc4c2)C(=O)C13. The van der Waals surface area contributed by atoms with E-state index in [1.54, 1.807) is 26.5 Å². The first-order chi connectivity index (χ1) is 21.4. The predicted octanol–water partition coefficient (Wildman–Crippen LogP) is 5.05. The van der Waals surface area contributed by atoms with Gasteiger partial charge in [0, 0.05) is 29.7 Å². The molecular formula is C36H37N3O4S. The van der Waals surface area contributed by atoms with Crippen LogP contribution in [0.4, 0.5) is 11.4 Å². The van der Waals surface area contributed by atoms with Crippen LogP contribution in [0.3, 0.4) is 0 Å². The van der Waals surface area contributed by atoms with E-state index in [9.17, 15) is 19.5 Å². The van der Waals surface area contributed by atoms with Crippen molar-refractivity contribution in [3.63, 3.8) is 0 Å². The first-order valence-corrected chi connectivity index (χ1v) is 16.4. The van der Waals surface area contributed by atoms with Crippen molar-refractivity contribution in [2.24, 2.45) is 17.8 Å². The van der Waals surface area contributed by atoms with Gasteiger partial charge in [-0.15, -0.1) is 11.8 Å². The molecule has 0 saturated carbocycles. The van der Waals surface area contributed by atoms with E-state index >= 15 is 0 Å². The summed E-state index contributed by atoms with van der Waals surface area (Å²) in [5, 5.41) is 12.6. The molecule has 0 aliphatic carbocycles. The van der Waals surface area contributed by atoms with Crippen molar-refractivity contribution < 1.29 is 19.5 Å². The molecule has 0 bridgehead atoms. The van der Waals surface area contributed by atoms with Gasteiger partial charge in [-0.2, -0.15) is 0 Å². The van der Waals surface area contributed by atoms with Gasteiger partial charge in [0.1, 0.15) is 6.04 Å². The molecule has 0 radical (unpaired) electrons. The van der Waals surface area contributed by atoms with Crippen LogP contribution in [0.5, 0.6) is 0 Å². The topological polar surface area (TPSA) is 81.2 Å². The monoisotopic (exact) mass is 607 g/mol. The fourth-order valence-corrected chi connectivity index (χ4v) is 9.66. The molecule has 1 spiro atoms. The molecule has 1 unspecified atom stereocenters. The van der Waals surface area contributed by atoms with E-state index in [2.05, 4.69) is 6.08 Å². The molecule has 7 atom stereocenters. The lowest BCUT2D eigenvalue weighted by Gasteiger charge is -2.40. The number of benzene rings is 3. The Balaban J connectivity index is 1.35. The molecule has 0 aromatic heterocycles. The molecule has 3 aromatic carbocycles. The van der Waals surface area contributed by atoms with Gasteiger partial charge in [0.15, 0.2) is 0 Å². The Hall–Kier alpha value is -3.88. The van der Waals surface area contributed by atoms with Gasteiger partial charge >= 0.3 is 0 Å². The zero-order valence-corrected chi connectivity index (χ0v) is 25.8. The molecular weight excluding hydrogens is 570 g/mol. The maximum Gasteiger partial charge on any atom is 0.251 e. The maximum absolute atomic E-state index is 14.9. The summed E-state index contributed by atoms with van der Waals surface area (Å²) in [5.41, 5.74) is 1.55. The van der Waals surface area contributed by atoms with Gasteiger partial charge in [0.25, 0.3) is 5.91 Å². The molecule has 4 heterocycles. The van der Waals surface area contributed by atoms with Crippen LogP contribution >= 0.6 is 11.8 Å². The first kappa shape index (κ1) is 28.9. The van der Waals surface area contributed by atoms with Crippen LogP contribution in [0.15, 0.2) is 97.1 Å². The summed E-state index contributed by atoms with van der Waals surface area (Å²) in [6.45, 7) is 4.57. The minimum Gasteiger partial charge on any atom is -0.394 e. The van der Waals surface area contributed by atoms with Crippen molar-refractivity contribution in [3.8, 4) is 0 Å². The summed E-state index contributed by atoms with van der Waals surface area (Å²) in [6.07, 6.45) is 8.84.